The fourth-order valence-electron chi connectivity index (χ4n) is 3.72. The number of hydrogen-bond donors (Lipinski definition) is 1. The molecule has 4 rings (SSSR count). The van der Waals surface area contributed by atoms with E-state index in [1.807, 2.05) is 66.7 Å². The molecule has 1 aliphatic rings. The Morgan fingerprint density at radius 2 is 1.88 bits per heavy atom. The minimum absolute atomic E-state index is 0.0335. The molecule has 0 saturated carbocycles. The summed E-state index contributed by atoms with van der Waals surface area (Å²) < 4.78 is 5.42. The molecule has 7 heteroatoms. The number of amides is 2. The molecule has 0 radical (unpaired) electrons. The largest absolute Gasteiger partial charge is 0.445 e. The number of hydrogen-bond acceptors (Lipinski definition) is 5. The van der Waals surface area contributed by atoms with Crippen molar-refractivity contribution in [1.82, 2.24) is 4.90 Å². The molecule has 1 aliphatic heterocycles. The van der Waals surface area contributed by atoms with Crippen molar-refractivity contribution in [1.29, 1.82) is 0 Å². The van der Waals surface area contributed by atoms with E-state index in [0.717, 1.165) is 22.4 Å². The molecule has 164 valence electrons. The molecular weight excluding hydrogens is 424 g/mol. The first kappa shape index (κ1) is 21.8. The van der Waals surface area contributed by atoms with Crippen LogP contribution >= 0.6 is 11.3 Å². The molecule has 1 saturated heterocycles. The summed E-state index contributed by atoms with van der Waals surface area (Å²) in [7, 11) is 0. The van der Waals surface area contributed by atoms with E-state index in [9.17, 15) is 14.4 Å². The number of anilines is 1. The van der Waals surface area contributed by atoms with Crippen molar-refractivity contribution >= 4 is 34.8 Å². The van der Waals surface area contributed by atoms with Crippen LogP contribution in [0.2, 0.25) is 0 Å². The topological polar surface area (TPSA) is 75.7 Å². The normalized spacial score (nSPS) is 15.4. The Balaban J connectivity index is 1.40. The van der Waals surface area contributed by atoms with Gasteiger partial charge >= 0.3 is 6.09 Å². The van der Waals surface area contributed by atoms with Crippen LogP contribution in [0.15, 0.2) is 66.7 Å². The van der Waals surface area contributed by atoms with E-state index >= 15 is 0 Å². The number of ether oxygens (including phenoxy) is 1. The maximum absolute atomic E-state index is 12.9. The van der Waals surface area contributed by atoms with Gasteiger partial charge in [0.15, 0.2) is 5.78 Å². The quantitative estimate of drug-likeness (QED) is 0.515. The highest BCUT2D eigenvalue weighted by Gasteiger charge is 2.35. The Hall–Kier alpha value is -3.45. The van der Waals surface area contributed by atoms with E-state index < -0.39 is 12.1 Å². The predicted octanol–water partition coefficient (Wildman–Crippen LogP) is 5.36. The molecule has 6 nitrogen and oxygen atoms in total. The minimum atomic E-state index is -0.562. The predicted molar refractivity (Wildman–Crippen MR) is 125 cm³/mol. The van der Waals surface area contributed by atoms with Gasteiger partial charge in [0.25, 0.3) is 0 Å². The zero-order valence-electron chi connectivity index (χ0n) is 17.7. The number of ketones is 1. The smallest absolute Gasteiger partial charge is 0.410 e. The third kappa shape index (κ3) is 5.06. The second-order valence-corrected chi connectivity index (χ2v) is 8.77. The molecule has 1 aromatic heterocycles. The number of likely N-dealkylation sites (tertiary alicyclic amines) is 1. The second kappa shape index (κ2) is 9.78. The van der Waals surface area contributed by atoms with Crippen LogP contribution in [0.3, 0.4) is 0 Å². The lowest BCUT2D eigenvalue weighted by Gasteiger charge is -2.23. The van der Waals surface area contributed by atoms with Gasteiger partial charge < -0.3 is 10.1 Å². The average Bonchev–Trinajstić information content (AvgIpc) is 3.49. The Labute approximate surface area is 190 Å². The molecule has 1 fully saturated rings. The standard InChI is InChI=1S/C25H24N2O4S/c1-17(28)22-12-13-23(32-22)19-9-5-10-20(15-19)26-24(29)21-11-6-14-27(21)25(30)31-16-18-7-3-2-4-8-18/h2-5,7-10,12-13,15,21H,6,11,14,16H2,1H3,(H,26,29). The van der Waals surface area contributed by atoms with Gasteiger partial charge in [-0.15, -0.1) is 11.3 Å². The van der Waals surface area contributed by atoms with Crippen molar-refractivity contribution in [3.05, 3.63) is 77.2 Å². The van der Waals surface area contributed by atoms with E-state index in [4.69, 9.17) is 4.74 Å². The number of thiophene rings is 1. The lowest BCUT2D eigenvalue weighted by molar-refractivity contribution is -0.120. The Kier molecular flexibility index (Phi) is 6.66. The summed E-state index contributed by atoms with van der Waals surface area (Å²) in [6, 6.07) is 20.1. The average molecular weight is 449 g/mol. The minimum Gasteiger partial charge on any atom is -0.445 e. The highest BCUT2D eigenvalue weighted by atomic mass is 32.1. The highest BCUT2D eigenvalue weighted by Crippen LogP contribution is 2.30. The Bertz CT molecular complexity index is 1130. The molecule has 0 bridgehead atoms. The van der Waals surface area contributed by atoms with Crippen LogP contribution in [0.4, 0.5) is 10.5 Å². The SMILES string of the molecule is CC(=O)c1ccc(-c2cccc(NC(=O)C3CCCN3C(=O)OCc3ccccc3)c2)s1. The summed E-state index contributed by atoms with van der Waals surface area (Å²) in [5, 5.41) is 2.93. The van der Waals surface area contributed by atoms with E-state index in [1.54, 1.807) is 6.92 Å². The van der Waals surface area contributed by atoms with Gasteiger partial charge in [-0.25, -0.2) is 4.79 Å². The fourth-order valence-corrected chi connectivity index (χ4v) is 4.62. The molecule has 1 atom stereocenters. The van der Waals surface area contributed by atoms with Gasteiger partial charge in [0, 0.05) is 17.1 Å². The molecule has 2 aromatic carbocycles. The highest BCUT2D eigenvalue weighted by molar-refractivity contribution is 7.17. The van der Waals surface area contributed by atoms with E-state index in [2.05, 4.69) is 5.32 Å². The van der Waals surface area contributed by atoms with Gasteiger partial charge in [0.1, 0.15) is 12.6 Å². The zero-order valence-corrected chi connectivity index (χ0v) is 18.6. The van der Waals surface area contributed by atoms with Gasteiger partial charge in [-0.05, 0) is 55.2 Å². The molecule has 0 aliphatic carbocycles. The van der Waals surface area contributed by atoms with Crippen LogP contribution in [0.25, 0.3) is 10.4 Å². The fraction of sp³-hybridized carbons (Fsp3) is 0.240. The summed E-state index contributed by atoms with van der Waals surface area (Å²) in [4.78, 5) is 40.3. The number of Topliss-reactive ketones (excluding diaryl/α,β-unsaturated/α-hetero) is 1. The molecule has 32 heavy (non-hydrogen) atoms. The summed E-state index contributed by atoms with van der Waals surface area (Å²) in [5.41, 5.74) is 2.47. The van der Waals surface area contributed by atoms with Crippen molar-refractivity contribution in [3.8, 4) is 10.4 Å². The summed E-state index contributed by atoms with van der Waals surface area (Å²) in [6.45, 7) is 2.22. The molecule has 2 heterocycles. The van der Waals surface area contributed by atoms with Crippen LogP contribution < -0.4 is 5.32 Å². The zero-order chi connectivity index (χ0) is 22.5. The van der Waals surface area contributed by atoms with E-state index in [1.165, 1.54) is 16.2 Å². The van der Waals surface area contributed by atoms with Crippen molar-refractivity contribution < 1.29 is 19.1 Å². The lowest BCUT2D eigenvalue weighted by Crippen LogP contribution is -2.43. The third-order valence-corrected chi connectivity index (χ3v) is 6.60. The van der Waals surface area contributed by atoms with Crippen LogP contribution in [0.1, 0.15) is 35.0 Å². The number of rotatable bonds is 6. The first-order valence-electron chi connectivity index (χ1n) is 10.5. The summed E-state index contributed by atoms with van der Waals surface area (Å²) in [5.74, 6) is -0.196. The maximum Gasteiger partial charge on any atom is 0.410 e. The first-order valence-corrected chi connectivity index (χ1v) is 11.3. The van der Waals surface area contributed by atoms with Crippen molar-refractivity contribution in [3.63, 3.8) is 0 Å². The number of carbonyl (C=O) groups excluding carboxylic acids is 3. The summed E-state index contributed by atoms with van der Waals surface area (Å²) in [6.07, 6.45) is 0.871. The van der Waals surface area contributed by atoms with Gasteiger partial charge in [-0.3, -0.25) is 14.5 Å². The monoisotopic (exact) mass is 448 g/mol. The third-order valence-electron chi connectivity index (χ3n) is 5.36. The van der Waals surface area contributed by atoms with Gasteiger partial charge in [0.05, 0.1) is 4.88 Å². The van der Waals surface area contributed by atoms with Crippen LogP contribution in [-0.2, 0) is 16.1 Å². The van der Waals surface area contributed by atoms with Crippen LogP contribution in [-0.4, -0.2) is 35.3 Å². The van der Waals surface area contributed by atoms with Crippen molar-refractivity contribution in [2.45, 2.75) is 32.4 Å². The molecule has 1 N–H and O–H groups in total. The van der Waals surface area contributed by atoms with Crippen LogP contribution in [0, 0.1) is 0 Å². The Morgan fingerprint density at radius 1 is 1.06 bits per heavy atom. The number of benzene rings is 2. The molecule has 1 unspecified atom stereocenters. The Morgan fingerprint density at radius 3 is 2.62 bits per heavy atom. The second-order valence-electron chi connectivity index (χ2n) is 7.68. The van der Waals surface area contributed by atoms with Gasteiger partial charge in [-0.2, -0.15) is 0 Å². The van der Waals surface area contributed by atoms with Crippen LogP contribution in [0.5, 0.6) is 0 Å². The lowest BCUT2D eigenvalue weighted by atomic mass is 10.1. The number of nitrogens with zero attached hydrogens (tertiary/aromatic N) is 1. The first-order chi connectivity index (χ1) is 15.5. The van der Waals surface area contributed by atoms with Crippen molar-refractivity contribution in [2.75, 3.05) is 11.9 Å². The molecule has 3 aromatic rings. The number of carbonyl (C=O) groups is 3. The van der Waals surface area contributed by atoms with E-state index in [-0.39, 0.29) is 18.3 Å². The number of nitrogens with one attached hydrogen (secondary N) is 1. The molecule has 2 amide bonds. The van der Waals surface area contributed by atoms with Crippen molar-refractivity contribution in [2.24, 2.45) is 0 Å². The van der Waals surface area contributed by atoms with E-state index in [0.29, 0.717) is 23.5 Å². The summed E-state index contributed by atoms with van der Waals surface area (Å²) >= 11 is 1.42. The molecular formula is C25H24N2O4S. The van der Waals surface area contributed by atoms with Gasteiger partial charge in [-0.1, -0.05) is 42.5 Å². The molecule has 0 spiro atoms. The maximum atomic E-state index is 12.9. The van der Waals surface area contributed by atoms with Gasteiger partial charge in [0.2, 0.25) is 5.91 Å².